The van der Waals surface area contributed by atoms with E-state index in [1.807, 2.05) is 13.8 Å². The quantitative estimate of drug-likeness (QED) is 0.769. The number of esters is 1. The molecule has 0 fully saturated rings. The molecule has 1 aromatic carbocycles. The molecular weight excluding hydrogens is 244 g/mol. The van der Waals surface area contributed by atoms with Gasteiger partial charge in [0.25, 0.3) is 0 Å². The van der Waals surface area contributed by atoms with Crippen LogP contribution in [0.2, 0.25) is 0 Å². The maximum absolute atomic E-state index is 11.8. The molecule has 0 aliphatic heterocycles. The van der Waals surface area contributed by atoms with Crippen LogP contribution < -0.4 is 10.6 Å². The van der Waals surface area contributed by atoms with Crippen LogP contribution in [0.25, 0.3) is 0 Å². The molecule has 0 heterocycles. The highest BCUT2D eigenvalue weighted by Crippen LogP contribution is 2.16. The van der Waals surface area contributed by atoms with Gasteiger partial charge in [-0.1, -0.05) is 26.0 Å². The Morgan fingerprint density at radius 1 is 1.26 bits per heavy atom. The van der Waals surface area contributed by atoms with Gasteiger partial charge in [0.2, 0.25) is 5.91 Å². The minimum absolute atomic E-state index is 0.135. The summed E-state index contributed by atoms with van der Waals surface area (Å²) < 4.78 is 4.67. The van der Waals surface area contributed by atoms with E-state index >= 15 is 0 Å². The molecule has 0 unspecified atom stereocenters. The third-order valence-electron chi connectivity index (χ3n) is 2.51. The maximum Gasteiger partial charge on any atom is 0.339 e. The summed E-state index contributed by atoms with van der Waals surface area (Å²) in [7, 11) is 1.31. The number of para-hydroxylation sites is 1. The van der Waals surface area contributed by atoms with Gasteiger partial charge >= 0.3 is 5.97 Å². The molecule has 0 saturated heterocycles. The monoisotopic (exact) mass is 264 g/mol. The van der Waals surface area contributed by atoms with Crippen molar-refractivity contribution in [3.8, 4) is 0 Å². The van der Waals surface area contributed by atoms with Gasteiger partial charge in [-0.25, -0.2) is 4.79 Å². The molecule has 0 aliphatic rings. The van der Waals surface area contributed by atoms with Crippen LogP contribution in [0.3, 0.4) is 0 Å². The predicted molar refractivity (Wildman–Crippen MR) is 74.2 cm³/mol. The lowest BCUT2D eigenvalue weighted by atomic mass is 10.1. The van der Waals surface area contributed by atoms with Crippen LogP contribution in [-0.2, 0) is 9.53 Å². The van der Waals surface area contributed by atoms with Crippen molar-refractivity contribution < 1.29 is 14.3 Å². The summed E-state index contributed by atoms with van der Waals surface area (Å²) in [4.78, 5) is 23.3. The van der Waals surface area contributed by atoms with Gasteiger partial charge in [-0.3, -0.25) is 4.79 Å². The van der Waals surface area contributed by atoms with Crippen molar-refractivity contribution >= 4 is 17.6 Å². The number of carbonyl (C=O) groups is 2. The number of nitrogens with one attached hydrogen (secondary N) is 2. The van der Waals surface area contributed by atoms with Gasteiger partial charge < -0.3 is 15.4 Å². The minimum Gasteiger partial charge on any atom is -0.465 e. The normalized spacial score (nSPS) is 10.3. The number of methoxy groups -OCH3 is 1. The fourth-order valence-corrected chi connectivity index (χ4v) is 1.57. The molecule has 0 atom stereocenters. The van der Waals surface area contributed by atoms with Gasteiger partial charge in [0, 0.05) is 19.0 Å². The standard InChI is InChI=1S/C14H20N2O3/c1-10(2)15-9-8-13(17)16-12-7-5-4-6-11(12)14(18)19-3/h4-7,10,15H,8-9H2,1-3H3,(H,16,17). The molecule has 0 aliphatic carbocycles. The van der Waals surface area contributed by atoms with Crippen LogP contribution in [0, 0.1) is 0 Å². The average Bonchev–Trinajstić information content (AvgIpc) is 2.38. The van der Waals surface area contributed by atoms with Crippen molar-refractivity contribution in [2.45, 2.75) is 26.3 Å². The highest BCUT2D eigenvalue weighted by atomic mass is 16.5. The van der Waals surface area contributed by atoms with Gasteiger partial charge in [0.1, 0.15) is 0 Å². The topological polar surface area (TPSA) is 67.4 Å². The van der Waals surface area contributed by atoms with Crippen molar-refractivity contribution in [2.24, 2.45) is 0 Å². The Hall–Kier alpha value is -1.88. The van der Waals surface area contributed by atoms with Crippen molar-refractivity contribution in [1.82, 2.24) is 5.32 Å². The zero-order chi connectivity index (χ0) is 14.3. The number of amides is 1. The Bertz CT molecular complexity index is 444. The molecule has 5 nitrogen and oxygen atoms in total. The summed E-state index contributed by atoms with van der Waals surface area (Å²) in [6.45, 7) is 4.64. The molecule has 19 heavy (non-hydrogen) atoms. The number of hydrogen-bond donors (Lipinski definition) is 2. The highest BCUT2D eigenvalue weighted by Gasteiger charge is 2.12. The summed E-state index contributed by atoms with van der Waals surface area (Å²) in [5, 5.41) is 5.88. The number of anilines is 1. The van der Waals surface area contributed by atoms with E-state index < -0.39 is 5.97 Å². The molecule has 0 spiro atoms. The third-order valence-corrected chi connectivity index (χ3v) is 2.51. The van der Waals surface area contributed by atoms with Crippen LogP contribution in [0.5, 0.6) is 0 Å². The zero-order valence-corrected chi connectivity index (χ0v) is 11.5. The molecule has 0 bridgehead atoms. The summed E-state index contributed by atoms with van der Waals surface area (Å²) in [5.74, 6) is -0.597. The second-order valence-corrected chi connectivity index (χ2v) is 4.44. The van der Waals surface area contributed by atoms with E-state index in [9.17, 15) is 9.59 Å². The van der Waals surface area contributed by atoms with Crippen LogP contribution in [0.1, 0.15) is 30.6 Å². The SMILES string of the molecule is COC(=O)c1ccccc1NC(=O)CCNC(C)C. The number of hydrogen-bond acceptors (Lipinski definition) is 4. The van der Waals surface area contributed by atoms with Crippen LogP contribution >= 0.6 is 0 Å². The fraction of sp³-hybridized carbons (Fsp3) is 0.429. The molecular formula is C14H20N2O3. The molecule has 0 saturated carbocycles. The van der Waals surface area contributed by atoms with Crippen molar-refractivity contribution in [2.75, 3.05) is 19.0 Å². The van der Waals surface area contributed by atoms with E-state index in [0.29, 0.717) is 30.3 Å². The van der Waals surface area contributed by atoms with E-state index in [1.54, 1.807) is 24.3 Å². The fourth-order valence-electron chi connectivity index (χ4n) is 1.57. The first kappa shape index (κ1) is 15.2. The Morgan fingerprint density at radius 3 is 2.58 bits per heavy atom. The molecule has 5 heteroatoms. The summed E-state index contributed by atoms with van der Waals surface area (Å²) in [5.41, 5.74) is 0.832. The molecule has 104 valence electrons. The van der Waals surface area contributed by atoms with Gasteiger partial charge in [-0.15, -0.1) is 0 Å². The van der Waals surface area contributed by atoms with Gasteiger partial charge in [0.15, 0.2) is 0 Å². The van der Waals surface area contributed by atoms with E-state index in [2.05, 4.69) is 15.4 Å². The summed E-state index contributed by atoms with van der Waals surface area (Å²) in [6, 6.07) is 7.12. The molecule has 1 aromatic rings. The Labute approximate surface area is 113 Å². The van der Waals surface area contributed by atoms with Crippen LogP contribution in [0.4, 0.5) is 5.69 Å². The van der Waals surface area contributed by atoms with Crippen LogP contribution in [-0.4, -0.2) is 31.6 Å². The molecule has 2 N–H and O–H groups in total. The Kier molecular flexibility index (Phi) is 6.02. The minimum atomic E-state index is -0.462. The first-order valence-electron chi connectivity index (χ1n) is 6.25. The first-order chi connectivity index (χ1) is 9.04. The second kappa shape index (κ2) is 7.53. The first-order valence-corrected chi connectivity index (χ1v) is 6.25. The van der Waals surface area contributed by atoms with E-state index in [1.165, 1.54) is 7.11 Å². The average molecular weight is 264 g/mol. The number of rotatable bonds is 6. The summed E-state index contributed by atoms with van der Waals surface area (Å²) in [6.07, 6.45) is 0.355. The van der Waals surface area contributed by atoms with E-state index in [-0.39, 0.29) is 5.91 Å². The highest BCUT2D eigenvalue weighted by molar-refractivity contribution is 6.01. The van der Waals surface area contributed by atoms with Gasteiger partial charge in [-0.2, -0.15) is 0 Å². The molecule has 0 radical (unpaired) electrons. The lowest BCUT2D eigenvalue weighted by Crippen LogP contribution is -2.27. The lowest BCUT2D eigenvalue weighted by molar-refractivity contribution is -0.116. The maximum atomic E-state index is 11.8. The molecule has 1 rings (SSSR count). The van der Waals surface area contributed by atoms with Gasteiger partial charge in [0.05, 0.1) is 18.4 Å². The van der Waals surface area contributed by atoms with E-state index in [0.717, 1.165) is 0 Å². The van der Waals surface area contributed by atoms with Crippen LogP contribution in [0.15, 0.2) is 24.3 Å². The second-order valence-electron chi connectivity index (χ2n) is 4.44. The molecule has 0 aromatic heterocycles. The lowest BCUT2D eigenvalue weighted by Gasteiger charge is -2.10. The van der Waals surface area contributed by atoms with Crippen molar-refractivity contribution in [3.63, 3.8) is 0 Å². The van der Waals surface area contributed by atoms with E-state index in [4.69, 9.17) is 0 Å². The smallest absolute Gasteiger partial charge is 0.339 e. The third kappa shape index (κ3) is 5.09. The van der Waals surface area contributed by atoms with Crippen molar-refractivity contribution in [3.05, 3.63) is 29.8 Å². The summed E-state index contributed by atoms with van der Waals surface area (Å²) >= 11 is 0. The number of benzene rings is 1. The number of carbonyl (C=O) groups excluding carboxylic acids is 2. The predicted octanol–water partition coefficient (Wildman–Crippen LogP) is 1.80. The largest absolute Gasteiger partial charge is 0.465 e. The number of ether oxygens (including phenoxy) is 1. The molecule has 1 amide bonds. The Morgan fingerprint density at radius 2 is 1.95 bits per heavy atom. The van der Waals surface area contributed by atoms with Crippen molar-refractivity contribution in [1.29, 1.82) is 0 Å². The van der Waals surface area contributed by atoms with Gasteiger partial charge in [-0.05, 0) is 12.1 Å². The zero-order valence-electron chi connectivity index (χ0n) is 11.5. The Balaban J connectivity index is 2.61.